The summed E-state index contributed by atoms with van der Waals surface area (Å²) >= 11 is 0. The first-order chi connectivity index (χ1) is 12.8. The molecule has 0 saturated heterocycles. The van der Waals surface area contributed by atoms with E-state index in [9.17, 15) is 9.59 Å². The molecule has 6 heteroatoms. The third kappa shape index (κ3) is 5.89. The van der Waals surface area contributed by atoms with E-state index in [2.05, 4.69) is 20.5 Å². The highest BCUT2D eigenvalue weighted by Crippen LogP contribution is 2.22. The SMILES string of the molecule is Cc1cc(C)c(NC(=O)c2cccc(C(=O)NCCCN(C)C)n2)c(C)c1. The van der Waals surface area contributed by atoms with Crippen LogP contribution in [-0.2, 0) is 0 Å². The van der Waals surface area contributed by atoms with Crippen molar-refractivity contribution in [2.75, 3.05) is 32.5 Å². The van der Waals surface area contributed by atoms with Crippen LogP contribution in [0.1, 0.15) is 44.1 Å². The van der Waals surface area contributed by atoms with Gasteiger partial charge in [-0.1, -0.05) is 23.8 Å². The minimum atomic E-state index is -0.327. The lowest BCUT2D eigenvalue weighted by atomic mass is 10.0. The maximum atomic E-state index is 12.6. The first-order valence-electron chi connectivity index (χ1n) is 9.07. The first-order valence-corrected chi connectivity index (χ1v) is 9.07. The smallest absolute Gasteiger partial charge is 0.274 e. The summed E-state index contributed by atoms with van der Waals surface area (Å²) in [5.41, 5.74) is 4.38. The predicted octanol–water partition coefficient (Wildman–Crippen LogP) is 2.94. The number of anilines is 1. The fraction of sp³-hybridized carbons (Fsp3) is 0.381. The molecule has 0 aliphatic carbocycles. The molecule has 0 aliphatic heterocycles. The highest BCUT2D eigenvalue weighted by atomic mass is 16.2. The number of benzene rings is 1. The van der Waals surface area contributed by atoms with E-state index in [4.69, 9.17) is 0 Å². The predicted molar refractivity (Wildman–Crippen MR) is 108 cm³/mol. The number of carbonyl (C=O) groups is 2. The molecular weight excluding hydrogens is 340 g/mol. The van der Waals surface area contributed by atoms with Crippen LogP contribution in [-0.4, -0.2) is 48.9 Å². The van der Waals surface area contributed by atoms with Gasteiger partial charge in [0, 0.05) is 12.2 Å². The fourth-order valence-electron chi connectivity index (χ4n) is 2.93. The number of nitrogens with one attached hydrogen (secondary N) is 2. The van der Waals surface area contributed by atoms with Gasteiger partial charge in [-0.25, -0.2) is 4.98 Å². The molecule has 144 valence electrons. The van der Waals surface area contributed by atoms with Crippen molar-refractivity contribution in [2.24, 2.45) is 0 Å². The quantitative estimate of drug-likeness (QED) is 0.737. The summed E-state index contributed by atoms with van der Waals surface area (Å²) in [6.07, 6.45) is 0.852. The Balaban J connectivity index is 2.06. The Bertz CT molecular complexity index is 808. The Labute approximate surface area is 161 Å². The lowest BCUT2D eigenvalue weighted by molar-refractivity contribution is 0.0947. The fourth-order valence-corrected chi connectivity index (χ4v) is 2.93. The lowest BCUT2D eigenvalue weighted by Gasteiger charge is -2.13. The highest BCUT2D eigenvalue weighted by molar-refractivity contribution is 6.04. The van der Waals surface area contributed by atoms with Crippen LogP contribution in [0.25, 0.3) is 0 Å². The summed E-state index contributed by atoms with van der Waals surface area (Å²) in [5, 5.41) is 5.75. The average Bonchev–Trinajstić information content (AvgIpc) is 2.61. The maximum Gasteiger partial charge on any atom is 0.274 e. The van der Waals surface area contributed by atoms with Crippen molar-refractivity contribution in [3.05, 3.63) is 58.4 Å². The zero-order valence-electron chi connectivity index (χ0n) is 16.7. The second kappa shape index (κ2) is 9.28. The zero-order chi connectivity index (χ0) is 20.0. The Morgan fingerprint density at radius 2 is 1.59 bits per heavy atom. The number of carbonyl (C=O) groups excluding carboxylic acids is 2. The molecule has 2 rings (SSSR count). The van der Waals surface area contributed by atoms with Gasteiger partial charge in [0.25, 0.3) is 11.8 Å². The van der Waals surface area contributed by atoms with Gasteiger partial charge in [-0.3, -0.25) is 9.59 Å². The van der Waals surface area contributed by atoms with Crippen molar-refractivity contribution in [1.29, 1.82) is 0 Å². The summed E-state index contributed by atoms with van der Waals surface area (Å²) in [6.45, 7) is 7.40. The largest absolute Gasteiger partial charge is 0.351 e. The van der Waals surface area contributed by atoms with Crippen LogP contribution in [0.5, 0.6) is 0 Å². The van der Waals surface area contributed by atoms with Crippen molar-refractivity contribution in [3.8, 4) is 0 Å². The van der Waals surface area contributed by atoms with E-state index in [0.717, 1.165) is 35.3 Å². The van der Waals surface area contributed by atoms with Crippen molar-refractivity contribution in [2.45, 2.75) is 27.2 Å². The average molecular weight is 368 g/mol. The minimum absolute atomic E-state index is 0.218. The van der Waals surface area contributed by atoms with Gasteiger partial charge in [-0.05, 0) is 71.1 Å². The van der Waals surface area contributed by atoms with Crippen LogP contribution in [0.3, 0.4) is 0 Å². The summed E-state index contributed by atoms with van der Waals surface area (Å²) in [4.78, 5) is 31.1. The normalized spacial score (nSPS) is 10.7. The molecule has 0 atom stereocenters. The summed E-state index contributed by atoms with van der Waals surface area (Å²) in [7, 11) is 3.98. The number of aryl methyl sites for hydroxylation is 3. The molecular formula is C21H28N4O2. The molecule has 0 unspecified atom stereocenters. The molecule has 0 fully saturated rings. The molecule has 0 radical (unpaired) electrons. The van der Waals surface area contributed by atoms with Gasteiger partial charge >= 0.3 is 0 Å². The van der Waals surface area contributed by atoms with Crippen LogP contribution < -0.4 is 10.6 Å². The number of hydrogen-bond donors (Lipinski definition) is 2. The Morgan fingerprint density at radius 3 is 2.19 bits per heavy atom. The van der Waals surface area contributed by atoms with Gasteiger partial charge < -0.3 is 15.5 Å². The number of aromatic nitrogens is 1. The van der Waals surface area contributed by atoms with E-state index < -0.39 is 0 Å². The van der Waals surface area contributed by atoms with Crippen molar-refractivity contribution >= 4 is 17.5 Å². The van der Waals surface area contributed by atoms with E-state index in [0.29, 0.717) is 6.54 Å². The van der Waals surface area contributed by atoms with Gasteiger partial charge in [0.15, 0.2) is 0 Å². The van der Waals surface area contributed by atoms with Crippen molar-refractivity contribution in [3.63, 3.8) is 0 Å². The monoisotopic (exact) mass is 368 g/mol. The molecule has 0 bridgehead atoms. The van der Waals surface area contributed by atoms with Crippen LogP contribution in [0.4, 0.5) is 5.69 Å². The second-order valence-corrected chi connectivity index (χ2v) is 7.05. The van der Waals surface area contributed by atoms with Gasteiger partial charge in [0.2, 0.25) is 0 Å². The van der Waals surface area contributed by atoms with Crippen LogP contribution >= 0.6 is 0 Å². The van der Waals surface area contributed by atoms with Gasteiger partial charge in [0.05, 0.1) is 0 Å². The van der Waals surface area contributed by atoms with Crippen molar-refractivity contribution in [1.82, 2.24) is 15.2 Å². The molecule has 0 saturated carbocycles. The van der Waals surface area contributed by atoms with E-state index in [-0.39, 0.29) is 23.2 Å². The number of rotatable bonds is 7. The first kappa shape index (κ1) is 20.6. The van der Waals surface area contributed by atoms with Gasteiger partial charge in [0.1, 0.15) is 11.4 Å². The van der Waals surface area contributed by atoms with Crippen LogP contribution in [0.15, 0.2) is 30.3 Å². The molecule has 2 amide bonds. The molecule has 1 aromatic carbocycles. The number of pyridine rings is 1. The van der Waals surface area contributed by atoms with E-state index >= 15 is 0 Å². The molecule has 27 heavy (non-hydrogen) atoms. The van der Waals surface area contributed by atoms with Crippen LogP contribution in [0.2, 0.25) is 0 Å². The molecule has 1 heterocycles. The van der Waals surface area contributed by atoms with Gasteiger partial charge in [-0.2, -0.15) is 0 Å². The Morgan fingerprint density at radius 1 is 1.00 bits per heavy atom. The summed E-state index contributed by atoms with van der Waals surface area (Å²) in [6, 6.07) is 8.93. The molecule has 1 aromatic heterocycles. The molecule has 0 aliphatic rings. The topological polar surface area (TPSA) is 74.3 Å². The summed E-state index contributed by atoms with van der Waals surface area (Å²) < 4.78 is 0. The standard InChI is InChI=1S/C21H28N4O2/c1-14-12-15(2)19(16(3)13-14)24-21(27)18-9-6-8-17(23-18)20(26)22-10-7-11-25(4)5/h6,8-9,12-13H,7,10-11H2,1-5H3,(H,22,26)(H,24,27). The van der Waals surface area contributed by atoms with E-state index in [1.165, 1.54) is 0 Å². The van der Waals surface area contributed by atoms with E-state index in [1.807, 2.05) is 47.0 Å². The zero-order valence-corrected chi connectivity index (χ0v) is 16.7. The number of nitrogens with zero attached hydrogens (tertiary/aromatic N) is 2. The number of hydrogen-bond acceptors (Lipinski definition) is 4. The Kier molecular flexibility index (Phi) is 7.07. The van der Waals surface area contributed by atoms with Crippen molar-refractivity contribution < 1.29 is 9.59 Å². The summed E-state index contributed by atoms with van der Waals surface area (Å²) in [5.74, 6) is -0.599. The Hall–Kier alpha value is -2.73. The molecule has 2 aromatic rings. The minimum Gasteiger partial charge on any atom is -0.351 e. The molecule has 0 spiro atoms. The van der Waals surface area contributed by atoms with Gasteiger partial charge in [-0.15, -0.1) is 0 Å². The molecule has 2 N–H and O–H groups in total. The van der Waals surface area contributed by atoms with E-state index in [1.54, 1.807) is 18.2 Å². The highest BCUT2D eigenvalue weighted by Gasteiger charge is 2.14. The third-order valence-corrected chi connectivity index (χ3v) is 4.20. The maximum absolute atomic E-state index is 12.6. The number of amides is 2. The second-order valence-electron chi connectivity index (χ2n) is 7.05. The molecule has 6 nitrogen and oxygen atoms in total. The third-order valence-electron chi connectivity index (χ3n) is 4.20. The lowest BCUT2D eigenvalue weighted by Crippen LogP contribution is -2.28. The van der Waals surface area contributed by atoms with Crippen LogP contribution in [0, 0.1) is 20.8 Å².